The molecular weight excluding hydrogens is 354 g/mol. The van der Waals surface area contributed by atoms with Crippen LogP contribution in [0.2, 0.25) is 0 Å². The average molecular weight is 383 g/mol. The molecule has 0 aliphatic carbocycles. The van der Waals surface area contributed by atoms with Gasteiger partial charge in [-0.15, -0.1) is 0 Å². The van der Waals surface area contributed by atoms with E-state index in [2.05, 4.69) is 22.9 Å². The Morgan fingerprint density at radius 1 is 0.857 bits per heavy atom. The van der Waals surface area contributed by atoms with Crippen LogP contribution in [0.3, 0.4) is 0 Å². The maximum absolute atomic E-state index is 12.1. The molecule has 0 heterocycles. The summed E-state index contributed by atoms with van der Waals surface area (Å²) in [6, 6.07) is 14.6. The highest BCUT2D eigenvalue weighted by atomic mass is 16.5. The second-order valence-electron chi connectivity index (χ2n) is 6.64. The molecule has 28 heavy (non-hydrogen) atoms. The summed E-state index contributed by atoms with van der Waals surface area (Å²) in [7, 11) is 0. The molecular formula is C22H29N3O3. The average Bonchev–Trinajstić information content (AvgIpc) is 2.69. The number of carbonyl (C=O) groups excluding carboxylic acids is 2. The molecule has 0 saturated carbocycles. The van der Waals surface area contributed by atoms with Gasteiger partial charge in [0.05, 0.1) is 12.6 Å². The molecule has 0 aromatic heterocycles. The van der Waals surface area contributed by atoms with E-state index in [1.165, 1.54) is 0 Å². The third-order valence-corrected chi connectivity index (χ3v) is 4.15. The van der Waals surface area contributed by atoms with E-state index < -0.39 is 0 Å². The van der Waals surface area contributed by atoms with E-state index in [1.54, 1.807) is 24.3 Å². The molecule has 150 valence electrons. The summed E-state index contributed by atoms with van der Waals surface area (Å²) in [6.07, 6.45) is 2.43. The zero-order chi connectivity index (χ0) is 20.4. The van der Waals surface area contributed by atoms with Crippen LogP contribution in [0, 0.1) is 0 Å². The van der Waals surface area contributed by atoms with Crippen molar-refractivity contribution in [2.45, 2.75) is 46.1 Å². The molecule has 0 radical (unpaired) electrons. The van der Waals surface area contributed by atoms with Gasteiger partial charge in [-0.3, -0.25) is 9.59 Å². The predicted octanol–water partition coefficient (Wildman–Crippen LogP) is 4.65. The number of anilines is 3. The van der Waals surface area contributed by atoms with E-state index in [1.807, 2.05) is 38.1 Å². The van der Waals surface area contributed by atoms with Gasteiger partial charge in [0.15, 0.2) is 0 Å². The van der Waals surface area contributed by atoms with Gasteiger partial charge in [0.25, 0.3) is 0 Å². The summed E-state index contributed by atoms with van der Waals surface area (Å²) in [5, 5.41) is 8.73. The lowest BCUT2D eigenvalue weighted by atomic mass is 10.2. The smallest absolute Gasteiger partial charge is 0.243 e. The number of ether oxygens (including phenoxy) is 1. The molecule has 0 bridgehead atoms. The molecule has 6 heteroatoms. The molecule has 2 aromatic rings. The highest BCUT2D eigenvalue weighted by Crippen LogP contribution is 2.18. The molecule has 0 spiro atoms. The van der Waals surface area contributed by atoms with E-state index in [0.29, 0.717) is 17.8 Å². The Balaban J connectivity index is 1.78. The van der Waals surface area contributed by atoms with Crippen LogP contribution in [-0.4, -0.2) is 24.5 Å². The largest absolute Gasteiger partial charge is 0.491 e. The Hall–Kier alpha value is -3.02. The summed E-state index contributed by atoms with van der Waals surface area (Å²) < 4.78 is 5.74. The summed E-state index contributed by atoms with van der Waals surface area (Å²) >= 11 is 0. The van der Waals surface area contributed by atoms with Crippen LogP contribution < -0.4 is 20.7 Å². The number of rotatable bonds is 10. The minimum Gasteiger partial charge on any atom is -0.491 e. The van der Waals surface area contributed by atoms with Gasteiger partial charge in [0, 0.05) is 23.5 Å². The fraction of sp³-hybridized carbons (Fsp3) is 0.364. The van der Waals surface area contributed by atoms with Crippen molar-refractivity contribution in [3.05, 3.63) is 48.5 Å². The second-order valence-corrected chi connectivity index (χ2v) is 6.64. The third kappa shape index (κ3) is 7.31. The van der Waals surface area contributed by atoms with Crippen molar-refractivity contribution < 1.29 is 14.3 Å². The first kappa shape index (κ1) is 21.3. The van der Waals surface area contributed by atoms with Gasteiger partial charge in [-0.05, 0) is 68.3 Å². The fourth-order valence-electron chi connectivity index (χ4n) is 2.44. The van der Waals surface area contributed by atoms with Crippen LogP contribution in [-0.2, 0) is 9.59 Å². The molecule has 2 amide bonds. The quantitative estimate of drug-likeness (QED) is 0.558. The number of nitrogens with one attached hydrogen (secondary N) is 3. The van der Waals surface area contributed by atoms with Gasteiger partial charge in [-0.25, -0.2) is 0 Å². The number of hydrogen-bond acceptors (Lipinski definition) is 4. The highest BCUT2D eigenvalue weighted by molar-refractivity contribution is 5.94. The molecule has 3 N–H and O–H groups in total. The molecule has 0 saturated heterocycles. The molecule has 1 unspecified atom stereocenters. The van der Waals surface area contributed by atoms with Crippen molar-refractivity contribution in [2.75, 3.05) is 22.5 Å². The van der Waals surface area contributed by atoms with Crippen molar-refractivity contribution in [2.24, 2.45) is 0 Å². The van der Waals surface area contributed by atoms with Crippen LogP contribution in [0.15, 0.2) is 48.5 Å². The SMILES string of the molecule is CCCC(=O)Nc1ccc(NC(=O)CNc2ccc(OC(C)CC)cc2)cc1. The predicted molar refractivity (Wildman–Crippen MR) is 114 cm³/mol. The third-order valence-electron chi connectivity index (χ3n) is 4.15. The zero-order valence-electron chi connectivity index (χ0n) is 16.7. The first-order valence-corrected chi connectivity index (χ1v) is 9.70. The van der Waals surface area contributed by atoms with Gasteiger partial charge in [-0.2, -0.15) is 0 Å². The maximum Gasteiger partial charge on any atom is 0.243 e. The number of amides is 2. The summed E-state index contributed by atoms with van der Waals surface area (Å²) in [5.74, 6) is 0.655. The Labute approximate surface area is 166 Å². The van der Waals surface area contributed by atoms with Crippen LogP contribution in [0.4, 0.5) is 17.1 Å². The number of benzene rings is 2. The topological polar surface area (TPSA) is 79.5 Å². The van der Waals surface area contributed by atoms with Gasteiger partial charge >= 0.3 is 0 Å². The van der Waals surface area contributed by atoms with Crippen molar-refractivity contribution in [3.63, 3.8) is 0 Å². The van der Waals surface area contributed by atoms with E-state index in [-0.39, 0.29) is 24.5 Å². The Morgan fingerprint density at radius 3 is 1.93 bits per heavy atom. The van der Waals surface area contributed by atoms with E-state index in [0.717, 1.165) is 24.3 Å². The molecule has 6 nitrogen and oxygen atoms in total. The van der Waals surface area contributed by atoms with Crippen molar-refractivity contribution in [1.29, 1.82) is 0 Å². The molecule has 0 aliphatic rings. The second kappa shape index (κ2) is 11.0. The highest BCUT2D eigenvalue weighted by Gasteiger charge is 2.05. The standard InChI is InChI=1S/C22H29N3O3/c1-4-6-21(26)24-18-7-9-19(10-8-18)25-22(27)15-23-17-11-13-20(14-12-17)28-16(3)5-2/h7-14,16,23H,4-6,15H2,1-3H3,(H,24,26)(H,25,27). The minimum absolute atomic E-state index is 0.0101. The lowest BCUT2D eigenvalue weighted by Gasteiger charge is -2.13. The fourth-order valence-corrected chi connectivity index (χ4v) is 2.44. The normalized spacial score (nSPS) is 11.4. The van der Waals surface area contributed by atoms with E-state index in [9.17, 15) is 9.59 Å². The molecule has 1 atom stereocenters. The van der Waals surface area contributed by atoms with Gasteiger partial charge < -0.3 is 20.7 Å². The van der Waals surface area contributed by atoms with Crippen LogP contribution in [0.1, 0.15) is 40.0 Å². The van der Waals surface area contributed by atoms with Crippen molar-refractivity contribution in [3.8, 4) is 5.75 Å². The zero-order valence-corrected chi connectivity index (χ0v) is 16.7. The first-order valence-electron chi connectivity index (χ1n) is 9.70. The lowest BCUT2D eigenvalue weighted by molar-refractivity contribution is -0.116. The maximum atomic E-state index is 12.1. The van der Waals surface area contributed by atoms with Crippen LogP contribution >= 0.6 is 0 Å². The summed E-state index contributed by atoms with van der Waals surface area (Å²) in [5.41, 5.74) is 2.24. The summed E-state index contributed by atoms with van der Waals surface area (Å²) in [6.45, 7) is 6.22. The van der Waals surface area contributed by atoms with E-state index >= 15 is 0 Å². The molecule has 0 fully saturated rings. The Kier molecular flexibility index (Phi) is 8.34. The van der Waals surface area contributed by atoms with Gasteiger partial charge in [0.2, 0.25) is 11.8 Å². The van der Waals surface area contributed by atoms with Crippen LogP contribution in [0.25, 0.3) is 0 Å². The first-order chi connectivity index (χ1) is 13.5. The Morgan fingerprint density at radius 2 is 1.39 bits per heavy atom. The van der Waals surface area contributed by atoms with Crippen molar-refractivity contribution in [1.82, 2.24) is 0 Å². The van der Waals surface area contributed by atoms with Gasteiger partial charge in [-0.1, -0.05) is 13.8 Å². The number of carbonyl (C=O) groups is 2. The minimum atomic E-state index is -0.150. The monoisotopic (exact) mass is 383 g/mol. The molecule has 2 rings (SSSR count). The molecule has 2 aromatic carbocycles. The lowest BCUT2D eigenvalue weighted by Crippen LogP contribution is -2.21. The number of hydrogen-bond donors (Lipinski definition) is 3. The Bertz CT molecular complexity index is 758. The summed E-state index contributed by atoms with van der Waals surface area (Å²) in [4.78, 5) is 23.7. The van der Waals surface area contributed by atoms with Crippen molar-refractivity contribution >= 4 is 28.9 Å². The van der Waals surface area contributed by atoms with Crippen LogP contribution in [0.5, 0.6) is 5.75 Å². The van der Waals surface area contributed by atoms with E-state index in [4.69, 9.17) is 4.74 Å². The molecule has 0 aliphatic heterocycles. The van der Waals surface area contributed by atoms with Gasteiger partial charge in [0.1, 0.15) is 5.75 Å².